The smallest absolute Gasteiger partial charge is 0.123 e. The Morgan fingerprint density at radius 3 is 2.27 bits per heavy atom. The Balaban J connectivity index is 2.00. The Labute approximate surface area is 130 Å². The summed E-state index contributed by atoms with van der Waals surface area (Å²) in [5.74, 6) is -0.186. The number of nitrogens with zero attached hydrogens (tertiary/aromatic N) is 1. The molecular formula is C20H18FN. The molecule has 1 aliphatic rings. The van der Waals surface area contributed by atoms with Crippen LogP contribution in [-0.4, -0.2) is 4.57 Å². The zero-order chi connectivity index (χ0) is 15.1. The van der Waals surface area contributed by atoms with Gasteiger partial charge in [0.15, 0.2) is 0 Å². The molecule has 0 amide bonds. The monoisotopic (exact) mass is 291 g/mol. The highest BCUT2D eigenvalue weighted by atomic mass is 19.1. The van der Waals surface area contributed by atoms with E-state index in [1.54, 1.807) is 12.1 Å². The molecule has 1 aromatic heterocycles. The first-order valence-corrected chi connectivity index (χ1v) is 7.79. The third-order valence-electron chi connectivity index (χ3n) is 4.62. The van der Waals surface area contributed by atoms with E-state index >= 15 is 0 Å². The molecule has 2 heterocycles. The predicted molar refractivity (Wildman–Crippen MR) is 88.3 cm³/mol. The second-order valence-electron chi connectivity index (χ2n) is 5.91. The molecule has 2 aromatic carbocycles. The third kappa shape index (κ3) is 1.98. The lowest BCUT2D eigenvalue weighted by Crippen LogP contribution is -1.94. The highest BCUT2D eigenvalue weighted by Gasteiger charge is 2.25. The number of halogens is 1. The van der Waals surface area contributed by atoms with Crippen LogP contribution in [0.4, 0.5) is 4.39 Å². The number of benzene rings is 2. The second kappa shape index (κ2) is 5.13. The molecule has 0 spiro atoms. The molecule has 1 aliphatic heterocycles. The topological polar surface area (TPSA) is 4.93 Å². The van der Waals surface area contributed by atoms with E-state index in [2.05, 4.69) is 35.8 Å². The SMILES string of the molecule is Cc1c(-c2ccc(F)cc2)c(-c2ccccc2)c2n1CCC2. The van der Waals surface area contributed by atoms with Crippen LogP contribution in [0.25, 0.3) is 22.3 Å². The molecule has 1 nitrogen and oxygen atoms in total. The molecule has 3 aromatic rings. The Morgan fingerprint density at radius 2 is 1.55 bits per heavy atom. The van der Waals surface area contributed by atoms with E-state index in [1.165, 1.54) is 34.5 Å². The van der Waals surface area contributed by atoms with Gasteiger partial charge in [-0.25, -0.2) is 4.39 Å². The lowest BCUT2D eigenvalue weighted by Gasteiger charge is -2.09. The Bertz CT molecular complexity index is 813. The fourth-order valence-electron chi connectivity index (χ4n) is 3.65. The van der Waals surface area contributed by atoms with Crippen molar-refractivity contribution in [3.63, 3.8) is 0 Å². The molecule has 0 radical (unpaired) electrons. The van der Waals surface area contributed by atoms with Crippen LogP contribution < -0.4 is 0 Å². The molecular weight excluding hydrogens is 273 g/mol. The van der Waals surface area contributed by atoms with Crippen molar-refractivity contribution in [1.82, 2.24) is 4.57 Å². The van der Waals surface area contributed by atoms with Crippen molar-refractivity contribution in [2.75, 3.05) is 0 Å². The standard InChI is InChI=1S/C20H18FN/c1-14-19(16-9-11-17(21)12-10-16)20(15-6-3-2-4-7-15)18-8-5-13-22(14)18/h2-4,6-7,9-12H,5,8,13H2,1H3. The van der Waals surface area contributed by atoms with Gasteiger partial charge in [-0.3, -0.25) is 0 Å². The highest BCUT2D eigenvalue weighted by molar-refractivity contribution is 5.88. The minimum absolute atomic E-state index is 0.186. The van der Waals surface area contributed by atoms with E-state index in [0.717, 1.165) is 18.5 Å². The zero-order valence-corrected chi connectivity index (χ0v) is 12.6. The Morgan fingerprint density at radius 1 is 0.864 bits per heavy atom. The third-order valence-corrected chi connectivity index (χ3v) is 4.62. The van der Waals surface area contributed by atoms with E-state index in [9.17, 15) is 4.39 Å². The zero-order valence-electron chi connectivity index (χ0n) is 12.6. The normalized spacial score (nSPS) is 13.4. The van der Waals surface area contributed by atoms with Gasteiger partial charge in [-0.1, -0.05) is 42.5 Å². The number of rotatable bonds is 2. The van der Waals surface area contributed by atoms with Gasteiger partial charge < -0.3 is 4.57 Å². The van der Waals surface area contributed by atoms with Crippen molar-refractivity contribution >= 4 is 0 Å². The summed E-state index contributed by atoms with van der Waals surface area (Å²) >= 11 is 0. The fourth-order valence-corrected chi connectivity index (χ4v) is 3.65. The first kappa shape index (κ1) is 13.3. The average Bonchev–Trinajstić information content (AvgIpc) is 3.12. The van der Waals surface area contributed by atoms with Crippen LogP contribution in [0.15, 0.2) is 54.6 Å². The summed E-state index contributed by atoms with van der Waals surface area (Å²) < 4.78 is 15.7. The molecule has 0 N–H and O–H groups in total. The van der Waals surface area contributed by atoms with Crippen molar-refractivity contribution < 1.29 is 4.39 Å². The summed E-state index contributed by atoms with van der Waals surface area (Å²) in [6.07, 6.45) is 2.33. The van der Waals surface area contributed by atoms with Gasteiger partial charge in [-0.15, -0.1) is 0 Å². The maximum absolute atomic E-state index is 13.3. The molecule has 0 unspecified atom stereocenters. The van der Waals surface area contributed by atoms with E-state index < -0.39 is 0 Å². The van der Waals surface area contributed by atoms with Crippen molar-refractivity contribution in [2.45, 2.75) is 26.3 Å². The van der Waals surface area contributed by atoms with Gasteiger partial charge in [-0.2, -0.15) is 0 Å². The summed E-state index contributed by atoms with van der Waals surface area (Å²) in [5.41, 5.74) is 7.63. The van der Waals surface area contributed by atoms with Gasteiger partial charge in [0.05, 0.1) is 0 Å². The quantitative estimate of drug-likeness (QED) is 0.610. The summed E-state index contributed by atoms with van der Waals surface area (Å²) in [7, 11) is 0. The van der Waals surface area contributed by atoms with Crippen molar-refractivity contribution in [2.24, 2.45) is 0 Å². The molecule has 110 valence electrons. The van der Waals surface area contributed by atoms with Gasteiger partial charge in [0.25, 0.3) is 0 Å². The molecule has 0 saturated carbocycles. The van der Waals surface area contributed by atoms with Crippen LogP contribution in [0.5, 0.6) is 0 Å². The second-order valence-corrected chi connectivity index (χ2v) is 5.91. The van der Waals surface area contributed by atoms with Gasteiger partial charge in [0.2, 0.25) is 0 Å². The molecule has 4 rings (SSSR count). The van der Waals surface area contributed by atoms with E-state index in [1.807, 2.05) is 18.2 Å². The van der Waals surface area contributed by atoms with E-state index in [0.29, 0.717) is 0 Å². The van der Waals surface area contributed by atoms with E-state index in [-0.39, 0.29) is 5.82 Å². The average molecular weight is 291 g/mol. The van der Waals surface area contributed by atoms with Crippen molar-refractivity contribution in [1.29, 1.82) is 0 Å². The molecule has 0 bridgehead atoms. The molecule has 0 saturated heterocycles. The van der Waals surface area contributed by atoms with Crippen LogP contribution in [0.3, 0.4) is 0 Å². The maximum Gasteiger partial charge on any atom is 0.123 e. The Hall–Kier alpha value is -2.35. The molecule has 2 heteroatoms. The van der Waals surface area contributed by atoms with Crippen LogP contribution >= 0.6 is 0 Å². The summed E-state index contributed by atoms with van der Waals surface area (Å²) in [6, 6.07) is 17.4. The molecule has 0 fully saturated rings. The van der Waals surface area contributed by atoms with Crippen molar-refractivity contribution in [3.8, 4) is 22.3 Å². The summed E-state index contributed by atoms with van der Waals surface area (Å²) in [5, 5.41) is 0. The van der Waals surface area contributed by atoms with Gasteiger partial charge in [-0.05, 0) is 43.0 Å². The van der Waals surface area contributed by atoms with Gasteiger partial charge in [0.1, 0.15) is 5.82 Å². The number of hydrogen-bond acceptors (Lipinski definition) is 0. The Kier molecular flexibility index (Phi) is 3.11. The summed E-state index contributed by atoms with van der Waals surface area (Å²) in [6.45, 7) is 3.27. The minimum Gasteiger partial charge on any atom is -0.348 e. The number of fused-ring (bicyclic) bond motifs is 1. The first-order chi connectivity index (χ1) is 10.8. The van der Waals surface area contributed by atoms with Crippen LogP contribution in [0.1, 0.15) is 17.8 Å². The van der Waals surface area contributed by atoms with Crippen molar-refractivity contribution in [3.05, 3.63) is 71.8 Å². The van der Waals surface area contributed by atoms with Gasteiger partial charge in [0, 0.05) is 29.1 Å². The highest BCUT2D eigenvalue weighted by Crippen LogP contribution is 2.42. The number of hydrogen-bond donors (Lipinski definition) is 0. The van der Waals surface area contributed by atoms with Crippen LogP contribution in [0.2, 0.25) is 0 Å². The largest absolute Gasteiger partial charge is 0.348 e. The van der Waals surface area contributed by atoms with E-state index in [4.69, 9.17) is 0 Å². The lowest BCUT2D eigenvalue weighted by molar-refractivity contribution is 0.628. The minimum atomic E-state index is -0.186. The molecule has 0 aliphatic carbocycles. The van der Waals surface area contributed by atoms with Crippen LogP contribution in [-0.2, 0) is 13.0 Å². The maximum atomic E-state index is 13.3. The fraction of sp³-hybridized carbons (Fsp3) is 0.200. The molecule has 0 atom stereocenters. The van der Waals surface area contributed by atoms with Crippen LogP contribution in [0, 0.1) is 12.7 Å². The lowest BCUT2D eigenvalue weighted by atomic mass is 9.94. The number of aromatic nitrogens is 1. The molecule has 22 heavy (non-hydrogen) atoms. The predicted octanol–water partition coefficient (Wildman–Crippen LogP) is 5.22. The van der Waals surface area contributed by atoms with Gasteiger partial charge >= 0.3 is 0 Å². The summed E-state index contributed by atoms with van der Waals surface area (Å²) in [4.78, 5) is 0. The first-order valence-electron chi connectivity index (χ1n) is 7.79.